The summed E-state index contributed by atoms with van der Waals surface area (Å²) in [5.41, 5.74) is 0.438. The molecule has 146 valence electrons. The molecule has 26 heavy (non-hydrogen) atoms. The van der Waals surface area contributed by atoms with E-state index < -0.39 is 11.0 Å². The first-order valence-corrected chi connectivity index (χ1v) is 10.4. The fourth-order valence-corrected chi connectivity index (χ4v) is 3.31. The van der Waals surface area contributed by atoms with E-state index in [2.05, 4.69) is 6.92 Å². The van der Waals surface area contributed by atoms with Gasteiger partial charge >= 0.3 is 0 Å². The number of hydrogen-bond acceptors (Lipinski definition) is 3. The Labute approximate surface area is 158 Å². The highest BCUT2D eigenvalue weighted by Gasteiger charge is 2.29. The highest BCUT2D eigenvalue weighted by Crippen LogP contribution is 2.15. The van der Waals surface area contributed by atoms with Gasteiger partial charge in [0.15, 0.2) is 0 Å². The molecule has 0 radical (unpaired) electrons. The van der Waals surface area contributed by atoms with Crippen LogP contribution in [0.1, 0.15) is 101 Å². The fraction of sp³-hybridized carbons (Fsp3) is 0.682. The molecule has 1 aromatic rings. The lowest BCUT2D eigenvalue weighted by molar-refractivity contribution is -0.506. The molecule has 0 aliphatic carbocycles. The normalized spacial score (nSPS) is 12.0. The van der Waals surface area contributed by atoms with Crippen LogP contribution in [0.2, 0.25) is 0 Å². The van der Waals surface area contributed by atoms with Gasteiger partial charge in [-0.1, -0.05) is 108 Å². The van der Waals surface area contributed by atoms with Crippen LogP contribution >= 0.6 is 0 Å². The second-order valence-corrected chi connectivity index (χ2v) is 7.21. The quantitative estimate of drug-likeness (QED) is 0.144. The number of benzene rings is 1. The Morgan fingerprint density at radius 3 is 1.77 bits per heavy atom. The van der Waals surface area contributed by atoms with Gasteiger partial charge in [-0.15, -0.1) is 0 Å². The van der Waals surface area contributed by atoms with Crippen molar-refractivity contribution in [1.82, 2.24) is 0 Å². The van der Waals surface area contributed by atoms with Crippen LogP contribution in [-0.2, 0) is 0 Å². The van der Waals surface area contributed by atoms with Crippen LogP contribution in [0.5, 0.6) is 0 Å². The summed E-state index contributed by atoms with van der Waals surface area (Å²) in [5.74, 6) is -0.362. The van der Waals surface area contributed by atoms with Gasteiger partial charge in [-0.3, -0.25) is 14.9 Å². The molecular weight excluding hydrogens is 326 g/mol. The molecule has 0 bridgehead atoms. The number of ketones is 1. The second-order valence-electron chi connectivity index (χ2n) is 7.21. The van der Waals surface area contributed by atoms with E-state index in [1.54, 1.807) is 24.3 Å². The lowest BCUT2D eigenvalue weighted by Crippen LogP contribution is -2.29. The molecule has 0 aromatic heterocycles. The van der Waals surface area contributed by atoms with Crippen LogP contribution in [0, 0.1) is 10.1 Å². The van der Waals surface area contributed by atoms with Crippen molar-refractivity contribution in [2.24, 2.45) is 0 Å². The van der Waals surface area contributed by atoms with Gasteiger partial charge in [0.1, 0.15) is 0 Å². The van der Waals surface area contributed by atoms with Gasteiger partial charge in [-0.05, 0) is 6.42 Å². The molecule has 4 nitrogen and oxygen atoms in total. The van der Waals surface area contributed by atoms with E-state index in [9.17, 15) is 14.9 Å². The van der Waals surface area contributed by atoms with Gasteiger partial charge in [0.2, 0.25) is 5.78 Å². The number of carbonyl (C=O) groups excluding carboxylic acids is 1. The maximum Gasteiger partial charge on any atom is 0.274 e. The van der Waals surface area contributed by atoms with Gasteiger partial charge in [0.25, 0.3) is 6.04 Å². The molecule has 1 unspecified atom stereocenters. The zero-order chi connectivity index (χ0) is 19.0. The highest BCUT2D eigenvalue weighted by atomic mass is 16.6. The monoisotopic (exact) mass is 361 g/mol. The van der Waals surface area contributed by atoms with Crippen LogP contribution < -0.4 is 0 Å². The van der Waals surface area contributed by atoms with E-state index >= 15 is 0 Å². The maximum atomic E-state index is 12.3. The predicted molar refractivity (Wildman–Crippen MR) is 107 cm³/mol. The van der Waals surface area contributed by atoms with Crippen molar-refractivity contribution in [2.75, 3.05) is 0 Å². The molecule has 1 rings (SSSR count). The van der Waals surface area contributed by atoms with Crippen molar-refractivity contribution in [1.29, 1.82) is 0 Å². The summed E-state index contributed by atoms with van der Waals surface area (Å²) in [4.78, 5) is 23.1. The molecule has 0 fully saturated rings. The minimum Gasteiger partial charge on any atom is -0.286 e. The van der Waals surface area contributed by atoms with Gasteiger partial charge in [-0.25, -0.2) is 0 Å². The second kappa shape index (κ2) is 14.5. The third-order valence-corrected chi connectivity index (χ3v) is 4.95. The zero-order valence-electron chi connectivity index (χ0n) is 16.3. The van der Waals surface area contributed by atoms with E-state index in [4.69, 9.17) is 0 Å². The summed E-state index contributed by atoms with van der Waals surface area (Å²) < 4.78 is 0. The molecule has 0 saturated carbocycles. The van der Waals surface area contributed by atoms with Crippen molar-refractivity contribution in [3.63, 3.8) is 0 Å². The van der Waals surface area contributed by atoms with Crippen molar-refractivity contribution in [2.45, 2.75) is 96.4 Å². The van der Waals surface area contributed by atoms with Gasteiger partial charge < -0.3 is 0 Å². The van der Waals surface area contributed by atoms with Crippen LogP contribution in [-0.4, -0.2) is 16.7 Å². The Morgan fingerprint density at radius 1 is 0.846 bits per heavy atom. The Bertz CT molecular complexity index is 501. The predicted octanol–water partition coefficient (Wildman–Crippen LogP) is 6.61. The Hall–Kier alpha value is -1.71. The number of rotatable bonds is 16. The van der Waals surface area contributed by atoms with E-state index in [-0.39, 0.29) is 5.78 Å². The zero-order valence-corrected chi connectivity index (χ0v) is 16.3. The molecule has 0 aliphatic heterocycles. The Kier molecular flexibility index (Phi) is 12.4. The third-order valence-electron chi connectivity index (χ3n) is 4.95. The number of nitrogens with zero attached hydrogens (tertiary/aromatic N) is 1. The fourth-order valence-electron chi connectivity index (χ4n) is 3.31. The lowest BCUT2D eigenvalue weighted by atomic mass is 9.98. The first-order valence-electron chi connectivity index (χ1n) is 10.4. The molecule has 0 amide bonds. The first-order chi connectivity index (χ1) is 12.7. The van der Waals surface area contributed by atoms with Gasteiger partial charge in [0, 0.05) is 16.9 Å². The maximum absolute atomic E-state index is 12.3. The average molecular weight is 362 g/mol. The highest BCUT2D eigenvalue weighted by molar-refractivity contribution is 5.99. The Morgan fingerprint density at radius 2 is 1.31 bits per heavy atom. The number of Topliss-reactive ketones (excluding diaryl/α,β-unsaturated/α-hetero) is 1. The summed E-state index contributed by atoms with van der Waals surface area (Å²) in [6.07, 6.45) is 15.0. The molecule has 4 heteroatoms. The molecule has 0 heterocycles. The number of unbranched alkanes of at least 4 members (excludes halogenated alkanes) is 11. The van der Waals surface area contributed by atoms with Crippen molar-refractivity contribution < 1.29 is 9.72 Å². The molecule has 0 saturated heterocycles. The lowest BCUT2D eigenvalue weighted by Gasteiger charge is -2.08. The average Bonchev–Trinajstić information content (AvgIpc) is 2.65. The molecule has 0 spiro atoms. The van der Waals surface area contributed by atoms with Crippen LogP contribution in [0.15, 0.2) is 30.3 Å². The minimum atomic E-state index is -1.10. The number of hydrogen-bond donors (Lipinski definition) is 0. The minimum absolute atomic E-state index is 0.345. The van der Waals surface area contributed by atoms with Crippen molar-refractivity contribution in [3.8, 4) is 0 Å². The molecule has 0 aliphatic rings. The largest absolute Gasteiger partial charge is 0.286 e. The summed E-state index contributed by atoms with van der Waals surface area (Å²) in [6, 6.07) is 7.51. The standard InChI is InChI=1S/C22H35NO3/c1-2-3-4-5-6-7-8-9-10-11-12-16-19-21(23(25)26)22(24)20-17-14-13-15-18-20/h13-15,17-18,21H,2-12,16,19H2,1H3. The van der Waals surface area contributed by atoms with Crippen molar-refractivity contribution in [3.05, 3.63) is 46.0 Å². The molecule has 1 atom stereocenters. The van der Waals surface area contributed by atoms with Gasteiger partial charge in [0.05, 0.1) is 0 Å². The van der Waals surface area contributed by atoms with E-state index in [1.165, 1.54) is 57.8 Å². The molecule has 1 aromatic carbocycles. The van der Waals surface area contributed by atoms with E-state index in [0.29, 0.717) is 12.0 Å². The molecule has 0 N–H and O–H groups in total. The SMILES string of the molecule is CCCCCCCCCCCCCCC(C(=O)c1ccccc1)[N+](=O)[O-]. The summed E-state index contributed by atoms with van der Waals surface area (Å²) >= 11 is 0. The number of carbonyl (C=O) groups is 1. The summed E-state index contributed by atoms with van der Waals surface area (Å²) in [6.45, 7) is 2.24. The van der Waals surface area contributed by atoms with E-state index in [1.807, 2.05) is 6.07 Å². The third kappa shape index (κ3) is 9.69. The van der Waals surface area contributed by atoms with Crippen LogP contribution in [0.4, 0.5) is 0 Å². The van der Waals surface area contributed by atoms with E-state index in [0.717, 1.165) is 19.3 Å². The Balaban J connectivity index is 2.09. The van der Waals surface area contributed by atoms with Crippen molar-refractivity contribution >= 4 is 5.78 Å². The summed E-state index contributed by atoms with van der Waals surface area (Å²) in [7, 11) is 0. The summed E-state index contributed by atoms with van der Waals surface area (Å²) in [5, 5.41) is 11.2. The molecular formula is C22H35NO3. The number of nitro groups is 1. The topological polar surface area (TPSA) is 60.2 Å². The van der Waals surface area contributed by atoms with Crippen LogP contribution in [0.3, 0.4) is 0 Å². The first kappa shape index (κ1) is 22.3. The van der Waals surface area contributed by atoms with Gasteiger partial charge in [-0.2, -0.15) is 0 Å². The van der Waals surface area contributed by atoms with Crippen LogP contribution in [0.25, 0.3) is 0 Å². The smallest absolute Gasteiger partial charge is 0.274 e.